The van der Waals surface area contributed by atoms with Gasteiger partial charge in [-0.15, -0.1) is 0 Å². The molecular formula is C14H21FN2O. The molecule has 0 saturated carbocycles. The second kappa shape index (κ2) is 5.57. The van der Waals surface area contributed by atoms with Crippen molar-refractivity contribution in [3.8, 4) is 5.75 Å². The zero-order valence-corrected chi connectivity index (χ0v) is 11.2. The number of nitrogens with zero attached hydrogens (tertiary/aromatic N) is 1. The third-order valence-corrected chi connectivity index (χ3v) is 3.26. The molecule has 1 saturated heterocycles. The van der Waals surface area contributed by atoms with Crippen molar-refractivity contribution < 1.29 is 9.13 Å². The summed E-state index contributed by atoms with van der Waals surface area (Å²) in [6.07, 6.45) is 1.10. The van der Waals surface area contributed by atoms with Gasteiger partial charge in [-0.3, -0.25) is 0 Å². The second-order valence-corrected chi connectivity index (χ2v) is 5.07. The highest BCUT2D eigenvalue weighted by Crippen LogP contribution is 2.26. The van der Waals surface area contributed by atoms with Gasteiger partial charge in [-0.2, -0.15) is 0 Å². The predicted octanol–water partition coefficient (Wildman–Crippen LogP) is 2.41. The summed E-state index contributed by atoms with van der Waals surface area (Å²) in [7, 11) is 1.48. The minimum absolute atomic E-state index is 0.296. The normalized spacial score (nSPS) is 19.6. The average molecular weight is 252 g/mol. The van der Waals surface area contributed by atoms with E-state index in [1.807, 2.05) is 6.07 Å². The summed E-state index contributed by atoms with van der Waals surface area (Å²) in [4.78, 5) is 2.21. The van der Waals surface area contributed by atoms with Crippen LogP contribution in [0.1, 0.15) is 20.3 Å². The zero-order chi connectivity index (χ0) is 13.1. The first-order chi connectivity index (χ1) is 8.60. The standard InChI is InChI=1S/C14H21FN2O/c1-10(2)16-11-6-7-17(9-11)12-4-5-14(18-3)13(15)8-12/h4-5,8,10-11,16H,6-7,9H2,1-3H3. The van der Waals surface area contributed by atoms with Gasteiger partial charge >= 0.3 is 0 Å². The van der Waals surface area contributed by atoms with Gasteiger partial charge in [0, 0.05) is 36.9 Å². The monoisotopic (exact) mass is 252 g/mol. The molecule has 1 atom stereocenters. The number of benzene rings is 1. The molecule has 1 N–H and O–H groups in total. The van der Waals surface area contributed by atoms with Crippen LogP contribution in [0.4, 0.5) is 10.1 Å². The van der Waals surface area contributed by atoms with Crippen molar-refractivity contribution in [1.82, 2.24) is 5.32 Å². The van der Waals surface area contributed by atoms with Crippen LogP contribution in [0, 0.1) is 5.82 Å². The van der Waals surface area contributed by atoms with Crippen LogP contribution in [-0.2, 0) is 0 Å². The number of halogens is 1. The molecular weight excluding hydrogens is 231 g/mol. The molecule has 3 nitrogen and oxygen atoms in total. The maximum Gasteiger partial charge on any atom is 0.167 e. The van der Waals surface area contributed by atoms with Crippen LogP contribution in [-0.4, -0.2) is 32.3 Å². The number of ether oxygens (including phenoxy) is 1. The van der Waals surface area contributed by atoms with E-state index in [0.29, 0.717) is 17.8 Å². The lowest BCUT2D eigenvalue weighted by Gasteiger charge is -2.20. The topological polar surface area (TPSA) is 24.5 Å². The fraction of sp³-hybridized carbons (Fsp3) is 0.571. The smallest absolute Gasteiger partial charge is 0.167 e. The molecule has 100 valence electrons. The third-order valence-electron chi connectivity index (χ3n) is 3.26. The van der Waals surface area contributed by atoms with Crippen LogP contribution in [0.5, 0.6) is 5.75 Å². The van der Waals surface area contributed by atoms with Crippen molar-refractivity contribution in [3.63, 3.8) is 0 Å². The van der Waals surface area contributed by atoms with Crippen molar-refractivity contribution in [2.75, 3.05) is 25.1 Å². The molecule has 1 aliphatic rings. The van der Waals surface area contributed by atoms with Gasteiger partial charge in [0.1, 0.15) is 0 Å². The molecule has 4 heteroatoms. The highest BCUT2D eigenvalue weighted by Gasteiger charge is 2.23. The molecule has 1 aromatic rings. The van der Waals surface area contributed by atoms with Gasteiger partial charge in [0.25, 0.3) is 0 Å². The molecule has 0 spiro atoms. The molecule has 0 bridgehead atoms. The number of anilines is 1. The summed E-state index contributed by atoms with van der Waals surface area (Å²) < 4.78 is 18.6. The average Bonchev–Trinajstić information content (AvgIpc) is 2.76. The fourth-order valence-corrected chi connectivity index (χ4v) is 2.45. The van der Waals surface area contributed by atoms with Crippen molar-refractivity contribution >= 4 is 5.69 Å². The molecule has 18 heavy (non-hydrogen) atoms. The van der Waals surface area contributed by atoms with E-state index >= 15 is 0 Å². The molecule has 0 radical (unpaired) electrons. The minimum atomic E-state index is -0.296. The molecule has 0 amide bonds. The Hall–Kier alpha value is -1.29. The van der Waals surface area contributed by atoms with E-state index in [1.54, 1.807) is 12.1 Å². The summed E-state index contributed by atoms with van der Waals surface area (Å²) in [6.45, 7) is 6.20. The van der Waals surface area contributed by atoms with E-state index in [9.17, 15) is 4.39 Å². The molecule has 1 heterocycles. The Morgan fingerprint density at radius 1 is 1.44 bits per heavy atom. The van der Waals surface area contributed by atoms with Gasteiger partial charge in [-0.25, -0.2) is 4.39 Å². The lowest BCUT2D eigenvalue weighted by atomic mass is 10.2. The van der Waals surface area contributed by atoms with Crippen molar-refractivity contribution in [2.24, 2.45) is 0 Å². The van der Waals surface area contributed by atoms with Gasteiger partial charge in [0.15, 0.2) is 11.6 Å². The summed E-state index contributed by atoms with van der Waals surface area (Å²) in [5, 5.41) is 3.52. The molecule has 1 aromatic carbocycles. The van der Waals surface area contributed by atoms with Gasteiger partial charge < -0.3 is 15.0 Å². The molecule has 1 fully saturated rings. The summed E-state index contributed by atoms with van der Waals surface area (Å²) in [6, 6.07) is 6.14. The first-order valence-corrected chi connectivity index (χ1v) is 6.44. The van der Waals surface area contributed by atoms with Gasteiger partial charge in [-0.1, -0.05) is 13.8 Å². The molecule has 0 aromatic heterocycles. The Morgan fingerprint density at radius 2 is 2.22 bits per heavy atom. The third kappa shape index (κ3) is 2.93. The fourth-order valence-electron chi connectivity index (χ4n) is 2.45. The Kier molecular flexibility index (Phi) is 4.07. The van der Waals surface area contributed by atoms with Crippen molar-refractivity contribution in [3.05, 3.63) is 24.0 Å². The van der Waals surface area contributed by atoms with E-state index in [0.717, 1.165) is 25.2 Å². The van der Waals surface area contributed by atoms with Gasteiger partial charge in [-0.05, 0) is 18.6 Å². The number of rotatable bonds is 4. The number of nitrogens with one attached hydrogen (secondary N) is 1. The maximum atomic E-state index is 13.6. The molecule has 0 aliphatic carbocycles. The minimum Gasteiger partial charge on any atom is -0.494 e. The Balaban J connectivity index is 2.03. The molecule has 1 aliphatic heterocycles. The summed E-state index contributed by atoms with van der Waals surface area (Å²) in [5.41, 5.74) is 0.932. The van der Waals surface area contributed by atoms with Gasteiger partial charge in [0.05, 0.1) is 7.11 Å². The lowest BCUT2D eigenvalue weighted by molar-refractivity contribution is 0.386. The van der Waals surface area contributed by atoms with Gasteiger partial charge in [0.2, 0.25) is 0 Å². The van der Waals surface area contributed by atoms with E-state index in [-0.39, 0.29) is 5.82 Å². The highest BCUT2D eigenvalue weighted by molar-refractivity contribution is 5.50. The van der Waals surface area contributed by atoms with Crippen LogP contribution in [0.15, 0.2) is 18.2 Å². The zero-order valence-electron chi connectivity index (χ0n) is 11.2. The Labute approximate surface area is 108 Å². The van der Waals surface area contributed by atoms with E-state index in [4.69, 9.17) is 4.74 Å². The second-order valence-electron chi connectivity index (χ2n) is 5.07. The van der Waals surface area contributed by atoms with Crippen LogP contribution < -0.4 is 15.0 Å². The lowest BCUT2D eigenvalue weighted by Crippen LogP contribution is -2.37. The van der Waals surface area contributed by atoms with Crippen LogP contribution >= 0.6 is 0 Å². The highest BCUT2D eigenvalue weighted by atomic mass is 19.1. The predicted molar refractivity (Wildman–Crippen MR) is 71.8 cm³/mol. The molecule has 2 rings (SSSR count). The quantitative estimate of drug-likeness (QED) is 0.890. The van der Waals surface area contributed by atoms with Crippen molar-refractivity contribution in [1.29, 1.82) is 0 Å². The SMILES string of the molecule is COc1ccc(N2CCC(NC(C)C)C2)cc1F. The maximum absolute atomic E-state index is 13.6. The van der Waals surface area contributed by atoms with E-state index < -0.39 is 0 Å². The van der Waals surface area contributed by atoms with Crippen molar-refractivity contribution in [2.45, 2.75) is 32.4 Å². The number of hydrogen-bond acceptors (Lipinski definition) is 3. The van der Waals surface area contributed by atoms with Crippen LogP contribution in [0.2, 0.25) is 0 Å². The summed E-state index contributed by atoms with van der Waals surface area (Å²) in [5.74, 6) is 0.00470. The Bertz CT molecular complexity index is 409. The largest absolute Gasteiger partial charge is 0.494 e. The number of methoxy groups -OCH3 is 1. The van der Waals surface area contributed by atoms with E-state index in [1.165, 1.54) is 7.11 Å². The van der Waals surface area contributed by atoms with Crippen LogP contribution in [0.3, 0.4) is 0 Å². The van der Waals surface area contributed by atoms with Crippen LogP contribution in [0.25, 0.3) is 0 Å². The van der Waals surface area contributed by atoms with E-state index in [2.05, 4.69) is 24.1 Å². The first kappa shape index (κ1) is 13.1. The Morgan fingerprint density at radius 3 is 2.83 bits per heavy atom. The molecule has 1 unspecified atom stereocenters. The summed E-state index contributed by atoms with van der Waals surface area (Å²) >= 11 is 0. The number of hydrogen-bond donors (Lipinski definition) is 1. The first-order valence-electron chi connectivity index (χ1n) is 6.44.